The van der Waals surface area contributed by atoms with Crippen LogP contribution in [0.4, 0.5) is 0 Å². The van der Waals surface area contributed by atoms with E-state index >= 15 is 0 Å². The molecule has 0 aromatic carbocycles. The Kier molecular flexibility index (Phi) is 3.78. The third-order valence-electron chi connectivity index (χ3n) is 2.53. The van der Waals surface area contributed by atoms with E-state index < -0.39 is 0 Å². The van der Waals surface area contributed by atoms with Gasteiger partial charge in [0.2, 0.25) is 0 Å². The van der Waals surface area contributed by atoms with Crippen molar-refractivity contribution in [2.45, 2.75) is 38.9 Å². The maximum absolute atomic E-state index is 5.80. The van der Waals surface area contributed by atoms with Gasteiger partial charge in [-0.3, -0.25) is 0 Å². The van der Waals surface area contributed by atoms with Gasteiger partial charge in [0.1, 0.15) is 0 Å². The van der Waals surface area contributed by atoms with Crippen LogP contribution in [0.2, 0.25) is 0 Å². The van der Waals surface area contributed by atoms with Crippen LogP contribution in [0.5, 0.6) is 0 Å². The van der Waals surface area contributed by atoms with Crippen molar-refractivity contribution < 1.29 is 4.74 Å². The number of halogens is 1. The van der Waals surface area contributed by atoms with Crippen molar-refractivity contribution in [3.05, 3.63) is 12.2 Å². The van der Waals surface area contributed by atoms with Crippen molar-refractivity contribution in [2.75, 3.05) is 5.33 Å². The van der Waals surface area contributed by atoms with Crippen LogP contribution in [-0.4, -0.2) is 17.5 Å². The number of alkyl halides is 1. The van der Waals surface area contributed by atoms with Gasteiger partial charge in [0.25, 0.3) is 0 Å². The number of ether oxygens (including phenoxy) is 1. The second-order valence-corrected chi connectivity index (χ2v) is 4.32. The molecule has 0 saturated carbocycles. The van der Waals surface area contributed by atoms with Gasteiger partial charge >= 0.3 is 0 Å². The minimum Gasteiger partial charge on any atom is -0.374 e. The molecule has 1 aliphatic heterocycles. The SMILES string of the molecule is C=C(C)[C@H]1CC[C@@H](C)O[C@H]1CBr. The van der Waals surface area contributed by atoms with E-state index in [9.17, 15) is 0 Å². The number of hydrogen-bond acceptors (Lipinski definition) is 1. The Hall–Kier alpha value is 0.180. The molecule has 2 heteroatoms. The summed E-state index contributed by atoms with van der Waals surface area (Å²) in [6.45, 7) is 8.24. The highest BCUT2D eigenvalue weighted by atomic mass is 79.9. The highest BCUT2D eigenvalue weighted by Crippen LogP contribution is 2.30. The molecule has 0 unspecified atom stereocenters. The Balaban J connectivity index is 2.56. The fraction of sp³-hybridized carbons (Fsp3) is 0.800. The van der Waals surface area contributed by atoms with Crippen molar-refractivity contribution in [2.24, 2.45) is 5.92 Å². The summed E-state index contributed by atoms with van der Waals surface area (Å²) in [6, 6.07) is 0. The van der Waals surface area contributed by atoms with Crippen LogP contribution >= 0.6 is 15.9 Å². The van der Waals surface area contributed by atoms with Crippen molar-refractivity contribution in [3.8, 4) is 0 Å². The first kappa shape index (κ1) is 10.3. The highest BCUT2D eigenvalue weighted by molar-refractivity contribution is 9.09. The molecule has 1 nitrogen and oxygen atoms in total. The molecule has 1 fully saturated rings. The quantitative estimate of drug-likeness (QED) is 0.526. The van der Waals surface area contributed by atoms with Gasteiger partial charge in [0, 0.05) is 11.2 Å². The van der Waals surface area contributed by atoms with Gasteiger partial charge in [0.15, 0.2) is 0 Å². The van der Waals surface area contributed by atoms with Gasteiger partial charge in [-0.05, 0) is 26.7 Å². The van der Waals surface area contributed by atoms with Gasteiger partial charge < -0.3 is 4.74 Å². The van der Waals surface area contributed by atoms with E-state index in [-0.39, 0.29) is 0 Å². The summed E-state index contributed by atoms with van der Waals surface area (Å²) in [4.78, 5) is 0. The fourth-order valence-electron chi connectivity index (χ4n) is 1.77. The molecular formula is C10H17BrO. The summed E-state index contributed by atoms with van der Waals surface area (Å²) in [7, 11) is 0. The maximum Gasteiger partial charge on any atom is 0.0740 e. The van der Waals surface area contributed by atoms with Crippen LogP contribution in [0.25, 0.3) is 0 Å². The Morgan fingerprint density at radius 2 is 2.25 bits per heavy atom. The summed E-state index contributed by atoms with van der Waals surface area (Å²) in [5.74, 6) is 0.556. The van der Waals surface area contributed by atoms with E-state index in [0.29, 0.717) is 18.1 Å². The standard InChI is InChI=1S/C10H17BrO/c1-7(2)9-5-4-8(3)12-10(9)6-11/h8-10H,1,4-6H2,2-3H3/t8-,9-,10+/m1/s1. The first-order valence-electron chi connectivity index (χ1n) is 4.52. The van der Waals surface area contributed by atoms with E-state index in [4.69, 9.17) is 4.74 Å². The summed E-state index contributed by atoms with van der Waals surface area (Å²) < 4.78 is 5.80. The molecule has 0 aromatic heterocycles. The first-order chi connectivity index (χ1) is 5.65. The molecule has 1 saturated heterocycles. The zero-order valence-electron chi connectivity index (χ0n) is 7.85. The molecule has 1 aliphatic rings. The van der Waals surface area contributed by atoms with Gasteiger partial charge in [-0.15, -0.1) is 0 Å². The Morgan fingerprint density at radius 3 is 2.75 bits per heavy atom. The lowest BCUT2D eigenvalue weighted by Gasteiger charge is -2.34. The van der Waals surface area contributed by atoms with Gasteiger partial charge in [0.05, 0.1) is 12.2 Å². The second-order valence-electron chi connectivity index (χ2n) is 3.67. The van der Waals surface area contributed by atoms with E-state index in [2.05, 4.69) is 36.4 Å². The normalized spacial score (nSPS) is 36.4. The van der Waals surface area contributed by atoms with Crippen LogP contribution in [0, 0.1) is 5.92 Å². The molecule has 0 amide bonds. The molecule has 70 valence electrons. The van der Waals surface area contributed by atoms with Crippen molar-refractivity contribution in [1.29, 1.82) is 0 Å². The lowest BCUT2D eigenvalue weighted by molar-refractivity contribution is -0.0512. The summed E-state index contributed by atoms with van der Waals surface area (Å²) in [6.07, 6.45) is 3.16. The molecule has 3 atom stereocenters. The topological polar surface area (TPSA) is 9.23 Å². The molecule has 1 rings (SSSR count). The van der Waals surface area contributed by atoms with Gasteiger partial charge in [-0.25, -0.2) is 0 Å². The van der Waals surface area contributed by atoms with Crippen molar-refractivity contribution in [3.63, 3.8) is 0 Å². The molecule has 0 bridgehead atoms. The molecule has 0 aliphatic carbocycles. The van der Waals surface area contributed by atoms with Crippen molar-refractivity contribution >= 4 is 15.9 Å². The summed E-state index contributed by atoms with van der Waals surface area (Å²) in [5, 5.41) is 0.925. The second kappa shape index (κ2) is 4.43. The van der Waals surface area contributed by atoms with E-state index in [0.717, 1.165) is 5.33 Å². The Labute approximate surface area is 83.3 Å². The van der Waals surface area contributed by atoms with Crippen LogP contribution in [0.1, 0.15) is 26.7 Å². The van der Waals surface area contributed by atoms with E-state index in [1.807, 2.05) is 0 Å². The zero-order valence-corrected chi connectivity index (χ0v) is 9.43. The van der Waals surface area contributed by atoms with Crippen LogP contribution in [-0.2, 0) is 4.74 Å². The summed E-state index contributed by atoms with van der Waals surface area (Å²) in [5.41, 5.74) is 1.26. The van der Waals surface area contributed by atoms with Crippen LogP contribution in [0.3, 0.4) is 0 Å². The molecule has 0 aromatic rings. The fourth-order valence-corrected chi connectivity index (χ4v) is 2.37. The Morgan fingerprint density at radius 1 is 1.58 bits per heavy atom. The van der Waals surface area contributed by atoms with Crippen molar-refractivity contribution in [1.82, 2.24) is 0 Å². The third kappa shape index (κ3) is 2.33. The van der Waals surface area contributed by atoms with Crippen LogP contribution in [0.15, 0.2) is 12.2 Å². The molecule has 0 N–H and O–H groups in total. The van der Waals surface area contributed by atoms with Crippen LogP contribution < -0.4 is 0 Å². The third-order valence-corrected chi connectivity index (χ3v) is 3.16. The molecule has 12 heavy (non-hydrogen) atoms. The summed E-state index contributed by atoms with van der Waals surface area (Å²) >= 11 is 3.48. The molecule has 1 heterocycles. The molecular weight excluding hydrogens is 216 g/mol. The predicted octanol–water partition coefficient (Wildman–Crippen LogP) is 3.14. The largest absolute Gasteiger partial charge is 0.374 e. The average Bonchev–Trinajstić information content (AvgIpc) is 2.03. The predicted molar refractivity (Wildman–Crippen MR) is 55.7 cm³/mol. The zero-order chi connectivity index (χ0) is 9.14. The molecule has 0 spiro atoms. The van der Waals surface area contributed by atoms with E-state index in [1.54, 1.807) is 0 Å². The highest BCUT2D eigenvalue weighted by Gasteiger charge is 2.28. The Bertz CT molecular complexity index is 167. The number of hydrogen-bond donors (Lipinski definition) is 0. The lowest BCUT2D eigenvalue weighted by Crippen LogP contribution is -2.35. The maximum atomic E-state index is 5.80. The minimum absolute atomic E-state index is 0.339. The number of rotatable bonds is 2. The van der Waals surface area contributed by atoms with Gasteiger partial charge in [-0.2, -0.15) is 0 Å². The van der Waals surface area contributed by atoms with E-state index in [1.165, 1.54) is 18.4 Å². The van der Waals surface area contributed by atoms with Gasteiger partial charge in [-0.1, -0.05) is 28.1 Å². The minimum atomic E-state index is 0.339. The lowest BCUT2D eigenvalue weighted by atomic mass is 9.88. The smallest absolute Gasteiger partial charge is 0.0740 e. The average molecular weight is 233 g/mol. The first-order valence-corrected chi connectivity index (χ1v) is 5.64. The monoisotopic (exact) mass is 232 g/mol. The molecule has 0 radical (unpaired) electrons.